The van der Waals surface area contributed by atoms with E-state index in [9.17, 15) is 14.4 Å². The molecule has 1 N–H and O–H groups in total. The fourth-order valence-corrected chi connectivity index (χ4v) is 3.42. The van der Waals surface area contributed by atoms with Crippen LogP contribution in [0.2, 0.25) is 0 Å². The fourth-order valence-electron chi connectivity index (χ4n) is 3.42. The Bertz CT molecular complexity index is 1420. The molecule has 0 saturated heterocycles. The molecular weight excluding hydrogens is 462 g/mol. The summed E-state index contributed by atoms with van der Waals surface area (Å²) in [5.41, 5.74) is 2.07. The topological polar surface area (TPSA) is 104 Å². The fraction of sp³-hybridized carbons (Fsp3) is 0.179. The zero-order valence-electron chi connectivity index (χ0n) is 19.9. The van der Waals surface area contributed by atoms with Gasteiger partial charge in [0.15, 0.2) is 6.61 Å². The van der Waals surface area contributed by atoms with E-state index in [2.05, 4.69) is 12.2 Å². The summed E-state index contributed by atoms with van der Waals surface area (Å²) in [4.78, 5) is 36.8. The highest BCUT2D eigenvalue weighted by Crippen LogP contribution is 2.24. The lowest BCUT2D eigenvalue weighted by molar-refractivity contribution is -0.118. The van der Waals surface area contributed by atoms with Crippen LogP contribution < -0.4 is 20.2 Å². The Morgan fingerprint density at radius 2 is 1.64 bits per heavy atom. The normalized spacial score (nSPS) is 10.6. The van der Waals surface area contributed by atoms with Crippen LogP contribution in [0.1, 0.15) is 29.8 Å². The molecule has 8 nitrogen and oxygen atoms in total. The molecule has 36 heavy (non-hydrogen) atoms. The van der Waals surface area contributed by atoms with Crippen LogP contribution in [0, 0.1) is 0 Å². The Hall–Kier alpha value is -4.59. The standard InChI is InChI=1S/C28H25NO7/c1-3-18-5-11-21(12-6-18)36-25-16-35-24-15-22(13-14-23(24)27(25)31)34-17-26(30)29-20-9-7-19(8-10-20)28(32)33-4-2/h5-16H,3-4,17H2,1-2H3,(H,29,30). The molecule has 1 heterocycles. The van der Waals surface area contributed by atoms with E-state index in [-0.39, 0.29) is 24.4 Å². The van der Waals surface area contributed by atoms with Crippen LogP contribution in [0.5, 0.6) is 17.2 Å². The molecule has 0 aliphatic heterocycles. The molecule has 1 amide bonds. The number of hydrogen-bond donors (Lipinski definition) is 1. The molecule has 0 bridgehead atoms. The number of fused-ring (bicyclic) bond motifs is 1. The summed E-state index contributed by atoms with van der Waals surface area (Å²) in [5, 5.41) is 3.02. The van der Waals surface area contributed by atoms with E-state index in [1.165, 1.54) is 17.9 Å². The second-order valence-electron chi connectivity index (χ2n) is 7.82. The Morgan fingerprint density at radius 3 is 2.33 bits per heavy atom. The minimum absolute atomic E-state index is 0.0776. The number of amides is 1. The number of carbonyl (C=O) groups excluding carboxylic acids is 2. The van der Waals surface area contributed by atoms with E-state index in [1.54, 1.807) is 55.5 Å². The molecule has 8 heteroatoms. The maximum atomic E-state index is 12.8. The van der Waals surface area contributed by atoms with E-state index >= 15 is 0 Å². The summed E-state index contributed by atoms with van der Waals surface area (Å²) >= 11 is 0. The molecule has 0 saturated carbocycles. The van der Waals surface area contributed by atoms with Crippen molar-refractivity contribution in [3.8, 4) is 17.2 Å². The first-order valence-corrected chi connectivity index (χ1v) is 11.5. The van der Waals surface area contributed by atoms with Gasteiger partial charge in [0.2, 0.25) is 11.2 Å². The third kappa shape index (κ3) is 5.90. The maximum Gasteiger partial charge on any atom is 0.338 e. The molecule has 1 aromatic heterocycles. The number of anilines is 1. The molecule has 0 radical (unpaired) electrons. The first kappa shape index (κ1) is 24.5. The van der Waals surface area contributed by atoms with Crippen LogP contribution in [0.25, 0.3) is 11.0 Å². The van der Waals surface area contributed by atoms with E-state index in [1.807, 2.05) is 12.1 Å². The van der Waals surface area contributed by atoms with Crippen LogP contribution in [0.4, 0.5) is 5.69 Å². The minimum Gasteiger partial charge on any atom is -0.484 e. The van der Waals surface area contributed by atoms with Crippen molar-refractivity contribution in [2.24, 2.45) is 0 Å². The number of esters is 1. The molecule has 4 rings (SSSR count). The van der Waals surface area contributed by atoms with Crippen LogP contribution in [-0.4, -0.2) is 25.1 Å². The second kappa shape index (κ2) is 11.2. The van der Waals surface area contributed by atoms with Crippen molar-refractivity contribution in [3.05, 3.63) is 94.3 Å². The Morgan fingerprint density at radius 1 is 0.917 bits per heavy atom. The molecule has 0 unspecified atom stereocenters. The van der Waals surface area contributed by atoms with E-state index in [0.717, 1.165) is 6.42 Å². The molecule has 0 atom stereocenters. The third-order valence-corrected chi connectivity index (χ3v) is 5.32. The largest absolute Gasteiger partial charge is 0.484 e. The van der Waals surface area contributed by atoms with Crippen LogP contribution in [-0.2, 0) is 16.0 Å². The number of hydrogen-bond acceptors (Lipinski definition) is 7. The molecule has 3 aromatic carbocycles. The van der Waals surface area contributed by atoms with Gasteiger partial charge in [-0.3, -0.25) is 9.59 Å². The van der Waals surface area contributed by atoms with Gasteiger partial charge in [-0.1, -0.05) is 19.1 Å². The molecule has 184 valence electrons. The van der Waals surface area contributed by atoms with Gasteiger partial charge >= 0.3 is 5.97 Å². The van der Waals surface area contributed by atoms with Crippen LogP contribution >= 0.6 is 0 Å². The van der Waals surface area contributed by atoms with Crippen LogP contribution in [0.15, 0.2) is 82.2 Å². The van der Waals surface area contributed by atoms with Crippen molar-refractivity contribution in [2.75, 3.05) is 18.5 Å². The van der Waals surface area contributed by atoms with Gasteiger partial charge in [-0.05, 0) is 67.4 Å². The summed E-state index contributed by atoms with van der Waals surface area (Å²) in [7, 11) is 0. The van der Waals surface area contributed by atoms with Gasteiger partial charge in [0.25, 0.3) is 5.91 Å². The van der Waals surface area contributed by atoms with Gasteiger partial charge in [-0.25, -0.2) is 4.79 Å². The Balaban J connectivity index is 1.37. The lowest BCUT2D eigenvalue weighted by Crippen LogP contribution is -2.20. The molecular formula is C28H25NO7. The van der Waals surface area contributed by atoms with Crippen molar-refractivity contribution in [1.29, 1.82) is 0 Å². The predicted molar refractivity (Wildman–Crippen MR) is 135 cm³/mol. The lowest BCUT2D eigenvalue weighted by atomic mass is 10.2. The van der Waals surface area contributed by atoms with Gasteiger partial charge in [0.1, 0.15) is 23.3 Å². The van der Waals surface area contributed by atoms with Gasteiger partial charge in [0, 0.05) is 11.8 Å². The average Bonchev–Trinajstić information content (AvgIpc) is 2.90. The summed E-state index contributed by atoms with van der Waals surface area (Å²) in [6.07, 6.45) is 2.17. The summed E-state index contributed by atoms with van der Waals surface area (Å²) < 4.78 is 21.8. The van der Waals surface area contributed by atoms with Crippen molar-refractivity contribution >= 4 is 28.5 Å². The smallest absolute Gasteiger partial charge is 0.338 e. The van der Waals surface area contributed by atoms with Gasteiger partial charge in [-0.2, -0.15) is 0 Å². The summed E-state index contributed by atoms with van der Waals surface area (Å²) in [6.45, 7) is 3.82. The van der Waals surface area contributed by atoms with Gasteiger partial charge in [-0.15, -0.1) is 0 Å². The molecule has 0 aliphatic carbocycles. The zero-order valence-corrected chi connectivity index (χ0v) is 19.9. The number of nitrogens with one attached hydrogen (secondary N) is 1. The first-order chi connectivity index (χ1) is 17.5. The zero-order chi connectivity index (χ0) is 25.5. The minimum atomic E-state index is -0.425. The van der Waals surface area contributed by atoms with Gasteiger partial charge in [0.05, 0.1) is 17.6 Å². The Kier molecular flexibility index (Phi) is 7.65. The third-order valence-electron chi connectivity index (χ3n) is 5.32. The molecule has 0 fully saturated rings. The second-order valence-corrected chi connectivity index (χ2v) is 7.82. The molecule has 4 aromatic rings. The highest BCUT2D eigenvalue weighted by Gasteiger charge is 2.12. The SMILES string of the molecule is CCOC(=O)c1ccc(NC(=O)COc2ccc3c(=O)c(Oc4ccc(CC)cc4)coc3c2)cc1. The van der Waals surface area contributed by atoms with Crippen molar-refractivity contribution < 1.29 is 28.2 Å². The summed E-state index contributed by atoms with van der Waals surface area (Å²) in [6, 6.07) is 18.5. The predicted octanol–water partition coefficient (Wildman–Crippen LogP) is 5.34. The molecule has 0 aliphatic rings. The van der Waals surface area contributed by atoms with Crippen molar-refractivity contribution in [3.63, 3.8) is 0 Å². The number of ether oxygens (including phenoxy) is 3. The highest BCUT2D eigenvalue weighted by atomic mass is 16.5. The van der Waals surface area contributed by atoms with Crippen LogP contribution in [0.3, 0.4) is 0 Å². The lowest BCUT2D eigenvalue weighted by Gasteiger charge is -2.09. The van der Waals surface area contributed by atoms with Crippen molar-refractivity contribution in [1.82, 2.24) is 0 Å². The Labute approximate surface area is 207 Å². The highest BCUT2D eigenvalue weighted by molar-refractivity contribution is 5.93. The van der Waals surface area contributed by atoms with E-state index in [0.29, 0.717) is 33.7 Å². The summed E-state index contributed by atoms with van der Waals surface area (Å²) in [5.74, 6) is 0.167. The number of benzene rings is 3. The van der Waals surface area contributed by atoms with Gasteiger partial charge < -0.3 is 23.9 Å². The van der Waals surface area contributed by atoms with Crippen molar-refractivity contribution in [2.45, 2.75) is 20.3 Å². The van der Waals surface area contributed by atoms with E-state index < -0.39 is 11.9 Å². The van der Waals surface area contributed by atoms with E-state index in [4.69, 9.17) is 18.6 Å². The quantitative estimate of drug-likeness (QED) is 0.318. The number of aryl methyl sites for hydroxylation is 1. The maximum absolute atomic E-state index is 12.8. The number of carbonyl (C=O) groups is 2. The number of rotatable bonds is 9. The average molecular weight is 488 g/mol. The molecule has 0 spiro atoms. The first-order valence-electron chi connectivity index (χ1n) is 11.5. The monoisotopic (exact) mass is 487 g/mol.